The molecule has 0 aromatic heterocycles. The third kappa shape index (κ3) is 3.65. The average molecular weight is 292 g/mol. The van der Waals surface area contributed by atoms with Crippen molar-refractivity contribution in [2.45, 2.75) is 44.6 Å². The number of rotatable bonds is 4. The molecule has 0 spiro atoms. The first-order valence-electron chi connectivity index (χ1n) is 5.71. The summed E-state index contributed by atoms with van der Waals surface area (Å²) >= 11 is 0. The number of carbonyl (C=O) groups excluding carboxylic acids is 2. The van der Waals surface area contributed by atoms with Crippen molar-refractivity contribution in [1.29, 1.82) is 0 Å². The molecular formula is C11H16O9. The smallest absolute Gasteiger partial charge is 0.335 e. The quantitative estimate of drug-likeness (QED) is 0.605. The topological polar surface area (TPSA) is 129 Å². The Kier molecular flexibility index (Phi) is 5.43. The summed E-state index contributed by atoms with van der Waals surface area (Å²) in [5.74, 6) is -2.95. The number of hydrogen-bond donors (Lipinski definition) is 2. The van der Waals surface area contributed by atoms with Crippen LogP contribution >= 0.6 is 0 Å². The zero-order valence-corrected chi connectivity index (χ0v) is 11.1. The largest absolute Gasteiger partial charge is 0.479 e. The number of hydrogen-bond acceptors (Lipinski definition) is 8. The Balaban J connectivity index is 3.06. The van der Waals surface area contributed by atoms with Crippen LogP contribution in [0, 0.1) is 0 Å². The highest BCUT2D eigenvalue weighted by Gasteiger charge is 2.52. The molecule has 1 aliphatic heterocycles. The number of esters is 2. The molecule has 0 amide bonds. The van der Waals surface area contributed by atoms with Gasteiger partial charge in [0.15, 0.2) is 24.6 Å². The zero-order chi connectivity index (χ0) is 15.4. The molecule has 9 nitrogen and oxygen atoms in total. The molecule has 2 N–H and O–H groups in total. The van der Waals surface area contributed by atoms with Crippen LogP contribution < -0.4 is 0 Å². The number of methoxy groups -OCH3 is 1. The van der Waals surface area contributed by atoms with Gasteiger partial charge in [-0.15, -0.1) is 0 Å². The molecule has 0 aromatic rings. The molecule has 0 bridgehead atoms. The molecule has 5 atom stereocenters. The molecular weight excluding hydrogens is 276 g/mol. The first-order chi connectivity index (χ1) is 9.27. The van der Waals surface area contributed by atoms with Gasteiger partial charge in [0.25, 0.3) is 0 Å². The van der Waals surface area contributed by atoms with Gasteiger partial charge in [-0.05, 0) is 0 Å². The minimum absolute atomic E-state index is 0.723. The fourth-order valence-corrected chi connectivity index (χ4v) is 1.86. The molecule has 0 aromatic carbocycles. The molecule has 1 saturated heterocycles. The Hall–Kier alpha value is -1.71. The summed E-state index contributed by atoms with van der Waals surface area (Å²) in [5, 5.41) is 18.9. The second-order valence-corrected chi connectivity index (χ2v) is 4.14. The Morgan fingerprint density at radius 3 is 1.95 bits per heavy atom. The van der Waals surface area contributed by atoms with Crippen LogP contribution in [0.4, 0.5) is 0 Å². The van der Waals surface area contributed by atoms with Gasteiger partial charge in [-0.2, -0.15) is 0 Å². The van der Waals surface area contributed by atoms with Gasteiger partial charge < -0.3 is 29.2 Å². The molecule has 0 unspecified atom stereocenters. The highest BCUT2D eigenvalue weighted by molar-refractivity contribution is 5.74. The van der Waals surface area contributed by atoms with Gasteiger partial charge in [0.2, 0.25) is 0 Å². The lowest BCUT2D eigenvalue weighted by molar-refractivity contribution is -0.293. The van der Waals surface area contributed by atoms with Gasteiger partial charge in [-0.3, -0.25) is 9.59 Å². The maximum absolute atomic E-state index is 11.1. The van der Waals surface area contributed by atoms with Crippen LogP contribution in [0.15, 0.2) is 0 Å². The lowest BCUT2D eigenvalue weighted by Gasteiger charge is -2.41. The highest BCUT2D eigenvalue weighted by Crippen LogP contribution is 2.27. The SMILES string of the molecule is CO[C@@H]1O[C@H](C(=O)O)[C@@H](O)[C@H](OC(C)=O)[C@H]1OC(C)=O. The van der Waals surface area contributed by atoms with E-state index in [1.807, 2.05) is 0 Å². The van der Waals surface area contributed by atoms with Gasteiger partial charge in [-0.25, -0.2) is 4.79 Å². The minimum Gasteiger partial charge on any atom is -0.479 e. The highest BCUT2D eigenvalue weighted by atomic mass is 16.7. The number of carboxylic acids is 1. The second kappa shape index (κ2) is 6.64. The lowest BCUT2D eigenvalue weighted by atomic mass is 9.98. The number of aliphatic hydroxyl groups is 1. The van der Waals surface area contributed by atoms with Crippen LogP contribution in [0.5, 0.6) is 0 Å². The zero-order valence-electron chi connectivity index (χ0n) is 11.1. The van der Waals surface area contributed by atoms with Crippen molar-refractivity contribution in [2.24, 2.45) is 0 Å². The second-order valence-electron chi connectivity index (χ2n) is 4.14. The van der Waals surface area contributed by atoms with Crippen LogP contribution in [0.3, 0.4) is 0 Å². The van der Waals surface area contributed by atoms with E-state index in [-0.39, 0.29) is 0 Å². The van der Waals surface area contributed by atoms with E-state index < -0.39 is 48.6 Å². The number of carboxylic acid groups (broad SMARTS) is 1. The van der Waals surface area contributed by atoms with Crippen LogP contribution in [-0.4, -0.2) is 65.9 Å². The molecule has 1 heterocycles. The molecule has 114 valence electrons. The predicted molar refractivity (Wildman–Crippen MR) is 60.4 cm³/mol. The summed E-state index contributed by atoms with van der Waals surface area (Å²) in [5.41, 5.74) is 0. The van der Waals surface area contributed by atoms with Crippen molar-refractivity contribution < 1.29 is 43.5 Å². The molecule has 0 radical (unpaired) electrons. The number of carbonyl (C=O) groups is 3. The first-order valence-corrected chi connectivity index (χ1v) is 5.71. The van der Waals surface area contributed by atoms with Crippen LogP contribution in [0.25, 0.3) is 0 Å². The Bertz CT molecular complexity index is 393. The minimum atomic E-state index is -1.70. The summed E-state index contributed by atoms with van der Waals surface area (Å²) in [6.07, 6.45) is -7.33. The fraction of sp³-hybridized carbons (Fsp3) is 0.727. The van der Waals surface area contributed by atoms with Crippen molar-refractivity contribution in [1.82, 2.24) is 0 Å². The van der Waals surface area contributed by atoms with E-state index >= 15 is 0 Å². The number of ether oxygens (including phenoxy) is 4. The number of aliphatic hydroxyl groups excluding tert-OH is 1. The maximum Gasteiger partial charge on any atom is 0.335 e. The van der Waals surface area contributed by atoms with Crippen molar-refractivity contribution in [2.75, 3.05) is 7.11 Å². The van der Waals surface area contributed by atoms with E-state index in [2.05, 4.69) is 0 Å². The van der Waals surface area contributed by atoms with Gasteiger partial charge >= 0.3 is 17.9 Å². The van der Waals surface area contributed by atoms with Gasteiger partial charge in [0.1, 0.15) is 6.10 Å². The molecule has 9 heteroatoms. The Morgan fingerprint density at radius 1 is 1.05 bits per heavy atom. The summed E-state index contributed by atoms with van der Waals surface area (Å²) in [4.78, 5) is 33.1. The monoisotopic (exact) mass is 292 g/mol. The average Bonchev–Trinajstić information content (AvgIpc) is 2.32. The van der Waals surface area contributed by atoms with E-state index in [0.29, 0.717) is 0 Å². The van der Waals surface area contributed by atoms with Crippen LogP contribution in [0.2, 0.25) is 0 Å². The summed E-state index contributed by atoms with van der Waals surface area (Å²) in [7, 11) is 1.20. The predicted octanol–water partition coefficient (Wildman–Crippen LogP) is -1.33. The molecule has 1 aliphatic rings. The molecule has 1 rings (SSSR count). The van der Waals surface area contributed by atoms with Crippen molar-refractivity contribution in [3.05, 3.63) is 0 Å². The third-order valence-electron chi connectivity index (χ3n) is 2.60. The Labute approximate surface area is 114 Å². The van der Waals surface area contributed by atoms with E-state index in [9.17, 15) is 19.5 Å². The van der Waals surface area contributed by atoms with E-state index in [1.54, 1.807) is 0 Å². The van der Waals surface area contributed by atoms with Gasteiger partial charge in [0, 0.05) is 21.0 Å². The Morgan fingerprint density at radius 2 is 1.55 bits per heavy atom. The van der Waals surface area contributed by atoms with Crippen LogP contribution in [0.1, 0.15) is 13.8 Å². The fourth-order valence-electron chi connectivity index (χ4n) is 1.86. The lowest BCUT2D eigenvalue weighted by Crippen LogP contribution is -2.62. The third-order valence-corrected chi connectivity index (χ3v) is 2.60. The van der Waals surface area contributed by atoms with Gasteiger partial charge in [0.05, 0.1) is 0 Å². The molecule has 0 aliphatic carbocycles. The van der Waals surface area contributed by atoms with Crippen molar-refractivity contribution in [3.8, 4) is 0 Å². The standard InChI is InChI=1S/C11H16O9/c1-4(12)18-7-6(14)8(10(15)16)20-11(17-3)9(7)19-5(2)13/h6-9,11,14H,1-3H3,(H,15,16)/t6-,7-,8-,9+,11+/m0/s1. The first kappa shape index (κ1) is 16.3. The normalized spacial score (nSPS) is 33.3. The van der Waals surface area contributed by atoms with Gasteiger partial charge in [-0.1, -0.05) is 0 Å². The maximum atomic E-state index is 11.1. The van der Waals surface area contributed by atoms with E-state index in [0.717, 1.165) is 13.8 Å². The van der Waals surface area contributed by atoms with E-state index in [4.69, 9.17) is 24.1 Å². The van der Waals surface area contributed by atoms with Crippen molar-refractivity contribution in [3.63, 3.8) is 0 Å². The summed E-state index contributed by atoms with van der Waals surface area (Å²) < 4.78 is 19.6. The van der Waals surface area contributed by atoms with E-state index in [1.165, 1.54) is 7.11 Å². The summed E-state index contributed by atoms with van der Waals surface area (Å²) in [6.45, 7) is 2.18. The van der Waals surface area contributed by atoms with Crippen molar-refractivity contribution >= 4 is 17.9 Å². The van der Waals surface area contributed by atoms with Crippen LogP contribution in [-0.2, 0) is 33.3 Å². The summed E-state index contributed by atoms with van der Waals surface area (Å²) in [6, 6.07) is 0. The molecule has 1 fully saturated rings. The number of aliphatic carboxylic acids is 1. The molecule has 0 saturated carbocycles. The molecule has 20 heavy (non-hydrogen) atoms.